The van der Waals surface area contributed by atoms with Crippen LogP contribution in [0.15, 0.2) is 102 Å². The average molecular weight is 646 g/mol. The first-order valence-electron chi connectivity index (χ1n) is 15.0. The molecular weight excluding hydrogens is 609 g/mol. The van der Waals surface area contributed by atoms with Crippen molar-refractivity contribution in [2.75, 3.05) is 30.6 Å². The molecule has 5 rings (SSSR count). The van der Waals surface area contributed by atoms with Gasteiger partial charge in [-0.25, -0.2) is 12.8 Å². The van der Waals surface area contributed by atoms with Crippen LogP contribution in [0.5, 0.6) is 11.5 Å². The lowest BCUT2D eigenvalue weighted by molar-refractivity contribution is -0.140. The number of fused-ring (bicyclic) bond motifs is 1. The van der Waals surface area contributed by atoms with E-state index in [4.69, 9.17) is 9.47 Å². The van der Waals surface area contributed by atoms with E-state index in [2.05, 4.69) is 5.32 Å². The highest BCUT2D eigenvalue weighted by Gasteiger charge is 2.35. The molecule has 0 saturated carbocycles. The van der Waals surface area contributed by atoms with Crippen molar-refractivity contribution in [3.05, 3.63) is 120 Å². The SMILES string of the molecule is CCNC(=O)C(Cc1ccccc1)N(Cc1ccc(C)cc1)C(=O)CN(c1ccc(F)cc1)S(=O)(=O)c1ccc2c(c1)OCCO2. The van der Waals surface area contributed by atoms with E-state index in [1.165, 1.54) is 35.2 Å². The fraction of sp³-hybridized carbons (Fsp3) is 0.257. The molecule has 0 fully saturated rings. The fourth-order valence-corrected chi connectivity index (χ4v) is 6.61. The Bertz CT molecular complexity index is 1770. The number of amides is 2. The van der Waals surface area contributed by atoms with Gasteiger partial charge in [0.25, 0.3) is 10.0 Å². The molecule has 0 aromatic heterocycles. The molecule has 2 amide bonds. The van der Waals surface area contributed by atoms with Crippen LogP contribution in [0.2, 0.25) is 0 Å². The number of rotatable bonds is 12. The number of anilines is 1. The van der Waals surface area contributed by atoms with Crippen molar-refractivity contribution in [2.45, 2.75) is 37.8 Å². The molecule has 46 heavy (non-hydrogen) atoms. The van der Waals surface area contributed by atoms with Gasteiger partial charge in [-0.05, 0) is 61.4 Å². The van der Waals surface area contributed by atoms with Gasteiger partial charge in [-0.1, -0.05) is 60.2 Å². The van der Waals surface area contributed by atoms with Gasteiger partial charge < -0.3 is 19.7 Å². The molecule has 0 radical (unpaired) electrons. The summed E-state index contributed by atoms with van der Waals surface area (Å²) in [6, 6.07) is 25.0. The van der Waals surface area contributed by atoms with Crippen LogP contribution in [0.3, 0.4) is 0 Å². The van der Waals surface area contributed by atoms with Crippen LogP contribution in [0.4, 0.5) is 10.1 Å². The summed E-state index contributed by atoms with van der Waals surface area (Å²) in [5.74, 6) is -0.873. The van der Waals surface area contributed by atoms with Crippen molar-refractivity contribution in [2.24, 2.45) is 0 Å². The zero-order valence-corrected chi connectivity index (χ0v) is 26.5. The zero-order valence-electron chi connectivity index (χ0n) is 25.7. The topological polar surface area (TPSA) is 105 Å². The van der Waals surface area contributed by atoms with E-state index in [-0.39, 0.29) is 41.8 Å². The van der Waals surface area contributed by atoms with Crippen molar-refractivity contribution >= 4 is 27.5 Å². The number of hydrogen-bond acceptors (Lipinski definition) is 6. The van der Waals surface area contributed by atoms with Crippen molar-refractivity contribution in [1.29, 1.82) is 0 Å². The second kappa shape index (κ2) is 14.5. The predicted octanol–water partition coefficient (Wildman–Crippen LogP) is 4.88. The Hall–Kier alpha value is -4.90. The summed E-state index contributed by atoms with van der Waals surface area (Å²) >= 11 is 0. The van der Waals surface area contributed by atoms with Crippen LogP contribution in [-0.4, -0.2) is 57.5 Å². The Morgan fingerprint density at radius 3 is 2.22 bits per heavy atom. The van der Waals surface area contributed by atoms with Gasteiger partial charge in [0.05, 0.1) is 10.6 Å². The Labute approximate surface area is 268 Å². The standard InChI is InChI=1S/C35H36FN3O6S/c1-3-37-35(41)31(21-26-7-5-4-6-8-26)38(23-27-11-9-25(2)10-12-27)34(40)24-39(29-15-13-28(36)14-16-29)46(42,43)30-17-18-32-33(22-30)45-20-19-44-32/h4-18,22,31H,3,19-21,23-24H2,1-2H3,(H,37,41). The average Bonchev–Trinajstić information content (AvgIpc) is 3.06. The maximum absolute atomic E-state index is 14.4. The van der Waals surface area contributed by atoms with E-state index in [9.17, 15) is 22.4 Å². The van der Waals surface area contributed by atoms with E-state index in [1.54, 1.807) is 6.92 Å². The summed E-state index contributed by atoms with van der Waals surface area (Å²) in [7, 11) is -4.40. The van der Waals surface area contributed by atoms with Gasteiger partial charge in [0.2, 0.25) is 11.8 Å². The number of sulfonamides is 1. The number of aryl methyl sites for hydroxylation is 1. The molecule has 1 atom stereocenters. The minimum atomic E-state index is -4.40. The molecule has 4 aromatic rings. The molecule has 9 nitrogen and oxygen atoms in total. The number of halogens is 1. The summed E-state index contributed by atoms with van der Waals surface area (Å²) in [4.78, 5) is 29.3. The van der Waals surface area contributed by atoms with Gasteiger partial charge in [-0.15, -0.1) is 0 Å². The monoisotopic (exact) mass is 645 g/mol. The van der Waals surface area contributed by atoms with E-state index >= 15 is 0 Å². The first-order valence-corrected chi connectivity index (χ1v) is 16.4. The summed E-state index contributed by atoms with van der Waals surface area (Å²) < 4.78 is 54.6. The van der Waals surface area contributed by atoms with Crippen LogP contribution in [0, 0.1) is 12.7 Å². The van der Waals surface area contributed by atoms with Gasteiger partial charge in [0.15, 0.2) is 11.5 Å². The van der Waals surface area contributed by atoms with Crippen molar-refractivity contribution in [3.63, 3.8) is 0 Å². The molecule has 1 heterocycles. The molecule has 1 N–H and O–H groups in total. The molecule has 11 heteroatoms. The number of carbonyl (C=O) groups excluding carboxylic acids is 2. The molecule has 1 aliphatic rings. The second-order valence-corrected chi connectivity index (χ2v) is 12.8. The Morgan fingerprint density at radius 2 is 1.54 bits per heavy atom. The maximum atomic E-state index is 14.4. The summed E-state index contributed by atoms with van der Waals surface area (Å²) in [5, 5.41) is 2.84. The first-order chi connectivity index (χ1) is 22.2. The predicted molar refractivity (Wildman–Crippen MR) is 173 cm³/mol. The molecular formula is C35H36FN3O6S. The number of ether oxygens (including phenoxy) is 2. The molecule has 1 aliphatic heterocycles. The van der Waals surface area contributed by atoms with Crippen molar-refractivity contribution < 1.29 is 31.9 Å². The highest BCUT2D eigenvalue weighted by molar-refractivity contribution is 7.92. The maximum Gasteiger partial charge on any atom is 0.264 e. The molecule has 0 bridgehead atoms. The Balaban J connectivity index is 1.56. The molecule has 0 spiro atoms. The van der Waals surface area contributed by atoms with Crippen LogP contribution in [-0.2, 0) is 32.6 Å². The van der Waals surface area contributed by atoms with E-state index in [0.717, 1.165) is 33.1 Å². The van der Waals surface area contributed by atoms with Crippen LogP contribution in [0.25, 0.3) is 0 Å². The lowest BCUT2D eigenvalue weighted by atomic mass is 10.0. The lowest BCUT2D eigenvalue weighted by Crippen LogP contribution is -2.53. The van der Waals surface area contributed by atoms with Crippen LogP contribution < -0.4 is 19.1 Å². The number of nitrogens with zero attached hydrogens (tertiary/aromatic N) is 2. The Kier molecular flexibility index (Phi) is 10.2. The zero-order chi connectivity index (χ0) is 32.7. The summed E-state index contributed by atoms with van der Waals surface area (Å²) in [6.07, 6.45) is 0.204. The fourth-order valence-electron chi connectivity index (χ4n) is 5.18. The van der Waals surface area contributed by atoms with Crippen molar-refractivity contribution in [1.82, 2.24) is 10.2 Å². The van der Waals surface area contributed by atoms with Gasteiger partial charge in [-0.2, -0.15) is 0 Å². The second-order valence-electron chi connectivity index (χ2n) is 10.9. The van der Waals surface area contributed by atoms with Crippen LogP contribution >= 0.6 is 0 Å². The van der Waals surface area contributed by atoms with E-state index < -0.39 is 34.3 Å². The third-order valence-electron chi connectivity index (χ3n) is 7.59. The minimum absolute atomic E-state index is 0.0507. The molecule has 0 saturated heterocycles. The number of hydrogen-bond donors (Lipinski definition) is 1. The smallest absolute Gasteiger partial charge is 0.264 e. The number of nitrogens with one attached hydrogen (secondary N) is 1. The van der Waals surface area contributed by atoms with E-state index in [0.29, 0.717) is 18.9 Å². The largest absolute Gasteiger partial charge is 0.486 e. The quantitative estimate of drug-likeness (QED) is 0.236. The van der Waals surface area contributed by atoms with Gasteiger partial charge in [0.1, 0.15) is 31.6 Å². The van der Waals surface area contributed by atoms with E-state index in [1.807, 2.05) is 61.5 Å². The molecule has 4 aromatic carbocycles. The number of carbonyl (C=O) groups is 2. The first kappa shape index (κ1) is 32.5. The Morgan fingerprint density at radius 1 is 0.870 bits per heavy atom. The summed E-state index contributed by atoms with van der Waals surface area (Å²) in [6.45, 7) is 4.07. The third kappa shape index (κ3) is 7.66. The lowest BCUT2D eigenvalue weighted by Gasteiger charge is -2.34. The van der Waals surface area contributed by atoms with Gasteiger partial charge >= 0.3 is 0 Å². The molecule has 1 unspecified atom stereocenters. The third-order valence-corrected chi connectivity index (χ3v) is 9.36. The van der Waals surface area contributed by atoms with Gasteiger partial charge in [-0.3, -0.25) is 13.9 Å². The number of likely N-dealkylation sites (N-methyl/N-ethyl adjacent to an activating group) is 1. The van der Waals surface area contributed by atoms with Gasteiger partial charge in [0, 0.05) is 25.6 Å². The molecule has 240 valence electrons. The summed E-state index contributed by atoms with van der Waals surface area (Å²) in [5.41, 5.74) is 2.71. The van der Waals surface area contributed by atoms with Crippen LogP contribution in [0.1, 0.15) is 23.6 Å². The molecule has 0 aliphatic carbocycles. The van der Waals surface area contributed by atoms with Crippen molar-refractivity contribution in [3.8, 4) is 11.5 Å². The highest BCUT2D eigenvalue weighted by atomic mass is 32.2. The highest BCUT2D eigenvalue weighted by Crippen LogP contribution is 2.34. The minimum Gasteiger partial charge on any atom is -0.486 e. The number of benzene rings is 4. The normalized spacial score (nSPS) is 13.0.